The molecule has 1 aromatic carbocycles. The van der Waals surface area contributed by atoms with Gasteiger partial charge in [-0.05, 0) is 18.6 Å². The maximum absolute atomic E-state index is 11.7. The summed E-state index contributed by atoms with van der Waals surface area (Å²) >= 11 is 1.72. The third-order valence-electron chi connectivity index (χ3n) is 3.30. The van der Waals surface area contributed by atoms with Crippen LogP contribution in [-0.4, -0.2) is 17.8 Å². The van der Waals surface area contributed by atoms with E-state index in [-0.39, 0.29) is 11.2 Å². The van der Waals surface area contributed by atoms with Crippen LogP contribution in [0.15, 0.2) is 35.2 Å². The molecular weight excluding hydrogens is 280 g/mol. The van der Waals surface area contributed by atoms with Gasteiger partial charge in [0.2, 0.25) is 0 Å². The highest BCUT2D eigenvalue weighted by molar-refractivity contribution is 8.00. The summed E-state index contributed by atoms with van der Waals surface area (Å²) in [5, 5.41) is 0.254. The zero-order chi connectivity index (χ0) is 15.3. The quantitative estimate of drug-likeness (QED) is 0.308. The summed E-state index contributed by atoms with van der Waals surface area (Å²) in [6.07, 6.45) is 7.79. The van der Waals surface area contributed by atoms with Crippen molar-refractivity contribution in [3.05, 3.63) is 30.3 Å². The fourth-order valence-electron chi connectivity index (χ4n) is 2.14. The molecule has 0 amide bonds. The summed E-state index contributed by atoms with van der Waals surface area (Å²) in [5.74, 6) is -0.0699. The molecule has 1 atom stereocenters. The van der Waals surface area contributed by atoms with E-state index in [2.05, 4.69) is 26.0 Å². The largest absolute Gasteiger partial charge is 0.466 e. The zero-order valence-electron chi connectivity index (χ0n) is 13.3. The monoisotopic (exact) mass is 308 g/mol. The summed E-state index contributed by atoms with van der Waals surface area (Å²) in [5.41, 5.74) is 0. The number of ether oxygens (including phenoxy) is 1. The zero-order valence-corrected chi connectivity index (χ0v) is 14.2. The maximum atomic E-state index is 11.7. The standard InChI is InChI=1S/C18H28O2S/c1-3-4-5-6-7-11-14-20-18(19)15-16(2)21-17-12-9-8-10-13-17/h8-10,12-13,16H,3-7,11,14-15H2,1-2H3. The summed E-state index contributed by atoms with van der Waals surface area (Å²) < 4.78 is 5.30. The van der Waals surface area contributed by atoms with E-state index >= 15 is 0 Å². The Morgan fingerprint density at radius 3 is 2.48 bits per heavy atom. The Kier molecular flexibility index (Phi) is 10.1. The van der Waals surface area contributed by atoms with Gasteiger partial charge in [-0.3, -0.25) is 4.79 Å². The van der Waals surface area contributed by atoms with Crippen molar-refractivity contribution >= 4 is 17.7 Å². The van der Waals surface area contributed by atoms with Crippen molar-refractivity contribution in [1.82, 2.24) is 0 Å². The number of esters is 1. The van der Waals surface area contributed by atoms with Crippen LogP contribution in [0.3, 0.4) is 0 Å². The minimum Gasteiger partial charge on any atom is -0.466 e. The average molecular weight is 308 g/mol. The minimum absolute atomic E-state index is 0.0699. The lowest BCUT2D eigenvalue weighted by Crippen LogP contribution is -2.11. The molecule has 1 unspecified atom stereocenters. The van der Waals surface area contributed by atoms with Crippen molar-refractivity contribution < 1.29 is 9.53 Å². The Balaban J connectivity index is 2.05. The second-order valence-electron chi connectivity index (χ2n) is 5.43. The molecule has 0 aliphatic rings. The molecule has 0 fully saturated rings. The molecule has 1 aromatic rings. The van der Waals surface area contributed by atoms with Crippen LogP contribution in [0.5, 0.6) is 0 Å². The molecule has 0 aliphatic heterocycles. The van der Waals surface area contributed by atoms with Crippen LogP contribution in [0.4, 0.5) is 0 Å². The Labute approximate surface area is 133 Å². The first-order valence-electron chi connectivity index (χ1n) is 8.09. The van der Waals surface area contributed by atoms with E-state index in [0.29, 0.717) is 13.0 Å². The number of thioether (sulfide) groups is 1. The normalized spacial score (nSPS) is 12.1. The molecule has 0 bridgehead atoms. The molecule has 0 aromatic heterocycles. The van der Waals surface area contributed by atoms with Gasteiger partial charge in [0, 0.05) is 10.1 Å². The third-order valence-corrected chi connectivity index (χ3v) is 4.41. The van der Waals surface area contributed by atoms with Gasteiger partial charge in [-0.25, -0.2) is 0 Å². The van der Waals surface area contributed by atoms with Gasteiger partial charge in [-0.15, -0.1) is 11.8 Å². The van der Waals surface area contributed by atoms with E-state index in [1.54, 1.807) is 11.8 Å². The number of hydrogen-bond donors (Lipinski definition) is 0. The first kappa shape index (κ1) is 18.1. The molecule has 0 radical (unpaired) electrons. The lowest BCUT2D eigenvalue weighted by Gasteiger charge is -2.11. The highest BCUT2D eigenvalue weighted by Gasteiger charge is 2.11. The van der Waals surface area contributed by atoms with Gasteiger partial charge in [0.05, 0.1) is 13.0 Å². The van der Waals surface area contributed by atoms with Gasteiger partial charge < -0.3 is 4.74 Å². The van der Waals surface area contributed by atoms with Gasteiger partial charge in [-0.1, -0.05) is 64.2 Å². The number of benzene rings is 1. The Morgan fingerprint density at radius 2 is 1.76 bits per heavy atom. The molecule has 0 saturated carbocycles. The van der Waals surface area contributed by atoms with Gasteiger partial charge in [0.15, 0.2) is 0 Å². The molecule has 118 valence electrons. The van der Waals surface area contributed by atoms with Crippen LogP contribution in [0.2, 0.25) is 0 Å². The third kappa shape index (κ3) is 9.57. The van der Waals surface area contributed by atoms with Gasteiger partial charge in [0.25, 0.3) is 0 Å². The lowest BCUT2D eigenvalue weighted by atomic mass is 10.1. The maximum Gasteiger partial charge on any atom is 0.306 e. The molecule has 1 rings (SSSR count). The topological polar surface area (TPSA) is 26.3 Å². The van der Waals surface area contributed by atoms with Crippen molar-refractivity contribution in [3.63, 3.8) is 0 Å². The van der Waals surface area contributed by atoms with E-state index in [9.17, 15) is 4.79 Å². The molecule has 0 N–H and O–H groups in total. The van der Waals surface area contributed by atoms with Crippen molar-refractivity contribution in [3.8, 4) is 0 Å². The fraction of sp³-hybridized carbons (Fsp3) is 0.611. The number of unbranched alkanes of at least 4 members (excludes halogenated alkanes) is 5. The summed E-state index contributed by atoms with van der Waals surface area (Å²) in [6.45, 7) is 4.87. The van der Waals surface area contributed by atoms with Crippen LogP contribution < -0.4 is 0 Å². The Morgan fingerprint density at radius 1 is 1.10 bits per heavy atom. The van der Waals surface area contributed by atoms with Crippen LogP contribution in [0, 0.1) is 0 Å². The predicted octanol–water partition coefficient (Wildman–Crippen LogP) is 5.46. The number of carbonyl (C=O) groups is 1. The molecule has 3 heteroatoms. The summed E-state index contributed by atoms with van der Waals surface area (Å²) in [4.78, 5) is 12.9. The number of hydrogen-bond acceptors (Lipinski definition) is 3. The van der Waals surface area contributed by atoms with Crippen LogP contribution in [0.1, 0.15) is 58.8 Å². The molecule has 0 aliphatic carbocycles. The highest BCUT2D eigenvalue weighted by atomic mass is 32.2. The van der Waals surface area contributed by atoms with Crippen molar-refractivity contribution in [1.29, 1.82) is 0 Å². The van der Waals surface area contributed by atoms with E-state index in [0.717, 1.165) is 6.42 Å². The van der Waals surface area contributed by atoms with Crippen molar-refractivity contribution in [2.24, 2.45) is 0 Å². The van der Waals surface area contributed by atoms with Crippen molar-refractivity contribution in [2.45, 2.75) is 68.9 Å². The van der Waals surface area contributed by atoms with Crippen molar-refractivity contribution in [2.75, 3.05) is 6.61 Å². The second kappa shape index (κ2) is 11.7. The summed E-state index contributed by atoms with van der Waals surface area (Å²) in [6, 6.07) is 10.2. The average Bonchev–Trinajstić information content (AvgIpc) is 2.47. The Bertz CT molecular complexity index is 378. The second-order valence-corrected chi connectivity index (χ2v) is 6.95. The van der Waals surface area contributed by atoms with Crippen LogP contribution in [0.25, 0.3) is 0 Å². The smallest absolute Gasteiger partial charge is 0.306 e. The lowest BCUT2D eigenvalue weighted by molar-refractivity contribution is -0.143. The molecular formula is C18H28O2S. The highest BCUT2D eigenvalue weighted by Crippen LogP contribution is 2.24. The van der Waals surface area contributed by atoms with E-state index in [1.165, 1.54) is 37.0 Å². The fourth-order valence-corrected chi connectivity index (χ4v) is 3.13. The van der Waals surface area contributed by atoms with E-state index in [1.807, 2.05) is 18.2 Å². The van der Waals surface area contributed by atoms with Gasteiger partial charge in [-0.2, -0.15) is 0 Å². The molecule has 21 heavy (non-hydrogen) atoms. The van der Waals surface area contributed by atoms with E-state index < -0.39 is 0 Å². The minimum atomic E-state index is -0.0699. The first-order valence-corrected chi connectivity index (χ1v) is 8.97. The molecule has 2 nitrogen and oxygen atoms in total. The van der Waals surface area contributed by atoms with Crippen LogP contribution in [-0.2, 0) is 9.53 Å². The Hall–Kier alpha value is -0.960. The number of rotatable bonds is 11. The first-order chi connectivity index (χ1) is 10.2. The van der Waals surface area contributed by atoms with Crippen LogP contribution >= 0.6 is 11.8 Å². The van der Waals surface area contributed by atoms with Gasteiger partial charge in [0.1, 0.15) is 0 Å². The SMILES string of the molecule is CCCCCCCCOC(=O)CC(C)Sc1ccccc1. The molecule has 0 saturated heterocycles. The predicted molar refractivity (Wildman–Crippen MR) is 90.7 cm³/mol. The molecule has 0 spiro atoms. The van der Waals surface area contributed by atoms with Gasteiger partial charge >= 0.3 is 5.97 Å². The number of carbonyl (C=O) groups excluding carboxylic acids is 1. The van der Waals surface area contributed by atoms with E-state index in [4.69, 9.17) is 4.74 Å². The molecule has 0 heterocycles. The summed E-state index contributed by atoms with van der Waals surface area (Å²) in [7, 11) is 0.